The maximum Gasteiger partial charge on any atom is 0.0797 e. The Hall–Kier alpha value is -0.0300. The molecule has 2 unspecified atom stereocenters. The lowest BCUT2D eigenvalue weighted by Gasteiger charge is -2.28. The van der Waals surface area contributed by atoms with Crippen molar-refractivity contribution in [2.45, 2.75) is 35.5 Å². The van der Waals surface area contributed by atoms with Gasteiger partial charge in [0.25, 0.3) is 0 Å². The van der Waals surface area contributed by atoms with Gasteiger partial charge in [0.2, 0.25) is 0 Å². The van der Waals surface area contributed by atoms with E-state index in [1.54, 1.807) is 11.3 Å². The van der Waals surface area contributed by atoms with E-state index in [0.29, 0.717) is 12.5 Å². The van der Waals surface area contributed by atoms with Crippen molar-refractivity contribution >= 4 is 23.1 Å². The van der Waals surface area contributed by atoms with Gasteiger partial charge in [-0.1, -0.05) is 12.5 Å². The Kier molecular flexibility index (Phi) is 4.30. The summed E-state index contributed by atoms with van der Waals surface area (Å²) in [6, 6.07) is 4.23. The SMILES string of the molecule is NCC1(O)CCCC1CCSc1cccs1. The monoisotopic (exact) mass is 257 g/mol. The molecule has 0 amide bonds. The molecule has 0 saturated heterocycles. The first-order valence-electron chi connectivity index (χ1n) is 5.83. The van der Waals surface area contributed by atoms with Gasteiger partial charge < -0.3 is 10.8 Å². The number of hydrogen-bond donors (Lipinski definition) is 2. The van der Waals surface area contributed by atoms with Crippen LogP contribution >= 0.6 is 23.1 Å². The standard InChI is InChI=1S/C12H19NOS2/c13-9-12(14)6-1-3-10(12)5-8-16-11-4-2-7-15-11/h2,4,7,10,14H,1,3,5-6,8-9,13H2. The van der Waals surface area contributed by atoms with E-state index in [2.05, 4.69) is 17.5 Å². The summed E-state index contributed by atoms with van der Waals surface area (Å²) in [6.07, 6.45) is 4.23. The van der Waals surface area contributed by atoms with Crippen molar-refractivity contribution < 1.29 is 5.11 Å². The minimum Gasteiger partial charge on any atom is -0.388 e. The summed E-state index contributed by atoms with van der Waals surface area (Å²) in [5.74, 6) is 1.50. The van der Waals surface area contributed by atoms with Crippen molar-refractivity contribution in [2.24, 2.45) is 11.7 Å². The lowest BCUT2D eigenvalue weighted by atomic mass is 9.89. The molecule has 1 aromatic heterocycles. The molecule has 1 aliphatic carbocycles. The van der Waals surface area contributed by atoms with E-state index >= 15 is 0 Å². The zero-order chi connectivity index (χ0) is 11.4. The lowest BCUT2D eigenvalue weighted by molar-refractivity contribution is 0.0104. The van der Waals surface area contributed by atoms with Crippen LogP contribution in [0.1, 0.15) is 25.7 Å². The number of hydrogen-bond acceptors (Lipinski definition) is 4. The Balaban J connectivity index is 1.77. The summed E-state index contributed by atoms with van der Waals surface area (Å²) in [6.45, 7) is 0.418. The number of thioether (sulfide) groups is 1. The first kappa shape index (κ1) is 12.4. The summed E-state index contributed by atoms with van der Waals surface area (Å²) in [7, 11) is 0. The van der Waals surface area contributed by atoms with Crippen LogP contribution in [0.5, 0.6) is 0 Å². The van der Waals surface area contributed by atoms with Gasteiger partial charge in [-0.25, -0.2) is 0 Å². The highest BCUT2D eigenvalue weighted by Gasteiger charge is 2.39. The number of thiophene rings is 1. The second-order valence-electron chi connectivity index (χ2n) is 4.47. The molecule has 0 radical (unpaired) electrons. The van der Waals surface area contributed by atoms with Gasteiger partial charge in [-0.15, -0.1) is 23.1 Å². The molecular formula is C12H19NOS2. The fourth-order valence-electron chi connectivity index (χ4n) is 2.46. The molecule has 2 nitrogen and oxygen atoms in total. The van der Waals surface area contributed by atoms with Crippen LogP contribution in [-0.2, 0) is 0 Å². The molecule has 1 saturated carbocycles. The van der Waals surface area contributed by atoms with E-state index in [-0.39, 0.29) is 0 Å². The normalized spacial score (nSPS) is 29.8. The minimum absolute atomic E-state index is 0.407. The zero-order valence-electron chi connectivity index (χ0n) is 9.39. The van der Waals surface area contributed by atoms with Gasteiger partial charge in [-0.3, -0.25) is 0 Å². The van der Waals surface area contributed by atoms with Gasteiger partial charge in [0.1, 0.15) is 0 Å². The highest BCUT2D eigenvalue weighted by molar-refractivity contribution is 8.01. The minimum atomic E-state index is -0.573. The Labute approximate surface area is 105 Å². The molecule has 4 heteroatoms. The zero-order valence-corrected chi connectivity index (χ0v) is 11.0. The van der Waals surface area contributed by atoms with E-state index in [1.807, 2.05) is 11.8 Å². The van der Waals surface area contributed by atoms with Gasteiger partial charge >= 0.3 is 0 Å². The molecule has 1 fully saturated rings. The largest absolute Gasteiger partial charge is 0.388 e. The second kappa shape index (κ2) is 5.54. The van der Waals surface area contributed by atoms with Crippen molar-refractivity contribution in [2.75, 3.05) is 12.3 Å². The van der Waals surface area contributed by atoms with Crippen LogP contribution in [0.15, 0.2) is 21.7 Å². The summed E-state index contributed by atoms with van der Waals surface area (Å²) in [5, 5.41) is 12.4. The molecule has 0 spiro atoms. The molecule has 16 heavy (non-hydrogen) atoms. The number of rotatable bonds is 5. The second-order valence-corrected chi connectivity index (χ2v) is 6.81. The van der Waals surface area contributed by atoms with E-state index in [1.165, 1.54) is 4.21 Å². The Morgan fingerprint density at radius 2 is 2.50 bits per heavy atom. The van der Waals surface area contributed by atoms with Crippen LogP contribution in [0, 0.1) is 5.92 Å². The Morgan fingerprint density at radius 3 is 3.19 bits per heavy atom. The molecular weight excluding hydrogens is 238 g/mol. The van der Waals surface area contributed by atoms with Gasteiger partial charge in [0, 0.05) is 6.54 Å². The fourth-order valence-corrected chi connectivity index (χ4v) is 4.37. The molecule has 2 atom stereocenters. The van der Waals surface area contributed by atoms with Crippen LogP contribution < -0.4 is 5.73 Å². The third kappa shape index (κ3) is 2.80. The van der Waals surface area contributed by atoms with Crippen LogP contribution in [0.25, 0.3) is 0 Å². The molecule has 1 heterocycles. The summed E-state index contributed by atoms with van der Waals surface area (Å²) in [5.41, 5.74) is 5.10. The average molecular weight is 257 g/mol. The number of nitrogens with two attached hydrogens (primary N) is 1. The van der Waals surface area contributed by atoms with Gasteiger partial charge in [0.05, 0.1) is 9.81 Å². The van der Waals surface area contributed by atoms with Crippen LogP contribution in [-0.4, -0.2) is 23.0 Å². The van der Waals surface area contributed by atoms with Crippen LogP contribution in [0.2, 0.25) is 0 Å². The quantitative estimate of drug-likeness (QED) is 0.797. The van der Waals surface area contributed by atoms with Crippen molar-refractivity contribution in [3.05, 3.63) is 17.5 Å². The average Bonchev–Trinajstić information content (AvgIpc) is 2.90. The van der Waals surface area contributed by atoms with E-state index in [9.17, 15) is 5.11 Å². The summed E-state index contributed by atoms with van der Waals surface area (Å²) >= 11 is 3.68. The van der Waals surface area contributed by atoms with Crippen molar-refractivity contribution in [3.8, 4) is 0 Å². The lowest BCUT2D eigenvalue weighted by Crippen LogP contribution is -2.41. The Bertz CT molecular complexity index is 315. The van der Waals surface area contributed by atoms with E-state index < -0.39 is 5.60 Å². The van der Waals surface area contributed by atoms with Crippen LogP contribution in [0.3, 0.4) is 0 Å². The third-order valence-electron chi connectivity index (χ3n) is 3.48. The topological polar surface area (TPSA) is 46.2 Å². The van der Waals surface area contributed by atoms with Crippen molar-refractivity contribution in [1.29, 1.82) is 0 Å². The fraction of sp³-hybridized carbons (Fsp3) is 0.667. The highest BCUT2D eigenvalue weighted by atomic mass is 32.2. The Morgan fingerprint density at radius 1 is 1.62 bits per heavy atom. The molecule has 1 aromatic rings. The van der Waals surface area contributed by atoms with Gasteiger partial charge in [-0.05, 0) is 42.4 Å². The van der Waals surface area contributed by atoms with Crippen molar-refractivity contribution in [1.82, 2.24) is 0 Å². The maximum atomic E-state index is 10.3. The smallest absolute Gasteiger partial charge is 0.0797 e. The molecule has 0 bridgehead atoms. The van der Waals surface area contributed by atoms with E-state index in [0.717, 1.165) is 31.4 Å². The van der Waals surface area contributed by atoms with Gasteiger partial charge in [-0.2, -0.15) is 0 Å². The molecule has 90 valence electrons. The molecule has 1 aliphatic rings. The predicted molar refractivity (Wildman–Crippen MR) is 71.0 cm³/mol. The first-order chi connectivity index (χ1) is 7.74. The number of aliphatic hydroxyl groups is 1. The van der Waals surface area contributed by atoms with Gasteiger partial charge in [0.15, 0.2) is 0 Å². The summed E-state index contributed by atoms with van der Waals surface area (Å²) in [4.78, 5) is 0. The van der Waals surface area contributed by atoms with Crippen LogP contribution in [0.4, 0.5) is 0 Å². The molecule has 0 aliphatic heterocycles. The highest BCUT2D eigenvalue weighted by Crippen LogP contribution is 2.38. The maximum absolute atomic E-state index is 10.3. The summed E-state index contributed by atoms with van der Waals surface area (Å²) < 4.78 is 1.37. The van der Waals surface area contributed by atoms with E-state index in [4.69, 9.17) is 5.73 Å². The molecule has 2 rings (SSSR count). The third-order valence-corrected chi connectivity index (χ3v) is 5.65. The van der Waals surface area contributed by atoms with Crippen molar-refractivity contribution in [3.63, 3.8) is 0 Å². The molecule has 3 N–H and O–H groups in total. The first-order valence-corrected chi connectivity index (χ1v) is 7.70. The predicted octanol–water partition coefficient (Wildman–Crippen LogP) is 2.72. The molecule has 0 aromatic carbocycles.